The molecule has 0 saturated carbocycles. The number of carbonyl (C=O) groups is 4. The number of carboxylic acids is 1. The van der Waals surface area contributed by atoms with Crippen LogP contribution in [0.1, 0.15) is 37.5 Å². The SMILES string of the molecule is O=C(O)C1=CC(OC(=O)c2cc(O)c(O)c(O)c2)C(OC(=O)c2cc(O)c(O)c(O)c2)C(OC(=O)c2cc(O)c(O)c(O)c2)C1. The smallest absolute Gasteiger partial charge is 0.339 e. The first-order chi connectivity index (χ1) is 21.1. The summed E-state index contributed by atoms with van der Waals surface area (Å²) in [5.41, 5.74) is -2.23. The van der Waals surface area contributed by atoms with Gasteiger partial charge in [-0.3, -0.25) is 0 Å². The van der Waals surface area contributed by atoms with Crippen LogP contribution in [0.15, 0.2) is 48.0 Å². The molecule has 3 unspecified atom stereocenters. The number of rotatable bonds is 7. The van der Waals surface area contributed by atoms with E-state index in [1.807, 2.05) is 0 Å². The van der Waals surface area contributed by atoms with Gasteiger partial charge in [-0.25, -0.2) is 19.2 Å². The first-order valence-electron chi connectivity index (χ1n) is 12.4. The molecule has 236 valence electrons. The van der Waals surface area contributed by atoms with Crippen molar-refractivity contribution >= 4 is 23.9 Å². The maximum atomic E-state index is 13.1. The van der Waals surface area contributed by atoms with Crippen molar-refractivity contribution in [3.63, 3.8) is 0 Å². The molecule has 1 aliphatic rings. The van der Waals surface area contributed by atoms with Gasteiger partial charge < -0.3 is 65.3 Å². The van der Waals surface area contributed by atoms with E-state index in [2.05, 4.69) is 0 Å². The number of carbonyl (C=O) groups excluding carboxylic acids is 3. The minimum atomic E-state index is -1.90. The van der Waals surface area contributed by atoms with Gasteiger partial charge in [0.25, 0.3) is 0 Å². The van der Waals surface area contributed by atoms with Crippen molar-refractivity contribution in [1.29, 1.82) is 0 Å². The van der Waals surface area contributed by atoms with Crippen LogP contribution in [0.25, 0.3) is 0 Å². The lowest BCUT2D eigenvalue weighted by Crippen LogP contribution is -2.48. The highest BCUT2D eigenvalue weighted by molar-refractivity contribution is 5.94. The lowest BCUT2D eigenvalue weighted by atomic mass is 9.91. The summed E-state index contributed by atoms with van der Waals surface area (Å²) in [5.74, 6) is -14.2. The lowest BCUT2D eigenvalue weighted by Gasteiger charge is -2.35. The zero-order chi connectivity index (χ0) is 33.3. The normalized spacial score (nSPS) is 17.5. The van der Waals surface area contributed by atoms with E-state index < -0.39 is 123 Å². The molecule has 0 fully saturated rings. The average molecular weight is 630 g/mol. The molecule has 3 aromatic carbocycles. The molecule has 0 heterocycles. The Morgan fingerprint density at radius 1 is 0.533 bits per heavy atom. The fourth-order valence-corrected chi connectivity index (χ4v) is 4.17. The number of hydrogen-bond acceptors (Lipinski definition) is 16. The fraction of sp³-hybridized carbons (Fsp3) is 0.143. The standard InChI is InChI=1S/C28H22O17/c29-13-1-10(2-14(30)21(13)35)26(40)43-19-7-9(25(38)39)8-20(44-27(41)11-3-15(31)22(36)16(32)4-11)24(19)45-28(42)12-5-17(33)23(37)18(34)6-12/h1-7,19-20,24,29-37H,8H2,(H,38,39). The van der Waals surface area contributed by atoms with Crippen LogP contribution in [-0.2, 0) is 19.0 Å². The third-order valence-electron chi connectivity index (χ3n) is 6.41. The Labute approximate surface area is 249 Å². The minimum absolute atomic E-state index is 0.523. The van der Waals surface area contributed by atoms with Crippen LogP contribution in [0.5, 0.6) is 51.7 Å². The van der Waals surface area contributed by atoms with Crippen LogP contribution >= 0.6 is 0 Å². The highest BCUT2D eigenvalue weighted by Gasteiger charge is 2.43. The Bertz CT molecular complexity index is 1690. The summed E-state index contributed by atoms with van der Waals surface area (Å²) in [6, 6.07) is 4.13. The van der Waals surface area contributed by atoms with E-state index in [4.69, 9.17) is 14.2 Å². The van der Waals surface area contributed by atoms with Crippen LogP contribution < -0.4 is 0 Å². The van der Waals surface area contributed by atoms with Crippen LogP contribution in [0.3, 0.4) is 0 Å². The second-order valence-electron chi connectivity index (χ2n) is 9.47. The molecule has 0 amide bonds. The molecule has 45 heavy (non-hydrogen) atoms. The number of phenolic OH excluding ortho intramolecular Hbond substituents is 9. The molecule has 0 aromatic heterocycles. The fourth-order valence-electron chi connectivity index (χ4n) is 4.17. The summed E-state index contributed by atoms with van der Waals surface area (Å²) in [5, 5.41) is 97.1. The van der Waals surface area contributed by atoms with Gasteiger partial charge >= 0.3 is 23.9 Å². The summed E-state index contributed by atoms with van der Waals surface area (Å²) in [4.78, 5) is 51.0. The van der Waals surface area contributed by atoms with Crippen molar-refractivity contribution < 1.29 is 84.5 Å². The number of ether oxygens (including phenoxy) is 3. The Hall–Kier alpha value is -6.52. The zero-order valence-electron chi connectivity index (χ0n) is 22.3. The quantitative estimate of drug-likeness (QED) is 0.100. The molecule has 3 atom stereocenters. The van der Waals surface area contributed by atoms with Crippen molar-refractivity contribution in [3.05, 3.63) is 64.7 Å². The van der Waals surface area contributed by atoms with Gasteiger partial charge in [-0.2, -0.15) is 0 Å². The van der Waals surface area contributed by atoms with E-state index in [1.54, 1.807) is 0 Å². The molecule has 10 N–H and O–H groups in total. The molecule has 1 aliphatic carbocycles. The van der Waals surface area contributed by atoms with Crippen molar-refractivity contribution in [2.24, 2.45) is 0 Å². The van der Waals surface area contributed by atoms with Gasteiger partial charge in [-0.05, 0) is 42.5 Å². The van der Waals surface area contributed by atoms with E-state index in [-0.39, 0.29) is 0 Å². The highest BCUT2D eigenvalue weighted by Crippen LogP contribution is 2.39. The molecule has 0 radical (unpaired) electrons. The van der Waals surface area contributed by atoms with Gasteiger partial charge in [0.05, 0.1) is 16.7 Å². The van der Waals surface area contributed by atoms with E-state index in [1.165, 1.54) is 0 Å². The Morgan fingerprint density at radius 2 is 0.867 bits per heavy atom. The van der Waals surface area contributed by atoms with Gasteiger partial charge in [0.1, 0.15) is 6.10 Å². The highest BCUT2D eigenvalue weighted by atomic mass is 16.6. The predicted molar refractivity (Wildman–Crippen MR) is 142 cm³/mol. The molecule has 0 bridgehead atoms. The van der Waals surface area contributed by atoms with Crippen LogP contribution in [-0.4, -0.2) is 93.3 Å². The zero-order valence-corrected chi connectivity index (χ0v) is 22.3. The molecular weight excluding hydrogens is 608 g/mol. The molecule has 0 aliphatic heterocycles. The number of hydrogen-bond donors (Lipinski definition) is 10. The van der Waals surface area contributed by atoms with Gasteiger partial charge in [0.15, 0.2) is 64.0 Å². The van der Waals surface area contributed by atoms with Gasteiger partial charge in [-0.1, -0.05) is 0 Å². The third-order valence-corrected chi connectivity index (χ3v) is 6.41. The van der Waals surface area contributed by atoms with E-state index >= 15 is 0 Å². The Balaban J connectivity index is 1.75. The van der Waals surface area contributed by atoms with Gasteiger partial charge in [0, 0.05) is 12.0 Å². The number of aliphatic carboxylic acids is 1. The minimum Gasteiger partial charge on any atom is -0.504 e. The molecule has 0 spiro atoms. The second-order valence-corrected chi connectivity index (χ2v) is 9.47. The Kier molecular flexibility index (Phi) is 8.38. The predicted octanol–water partition coefficient (Wildman–Crippen LogP) is 1.43. The molecular formula is C28H22O17. The summed E-state index contributed by atoms with van der Waals surface area (Å²) >= 11 is 0. The molecule has 17 heteroatoms. The lowest BCUT2D eigenvalue weighted by molar-refractivity contribution is -0.134. The van der Waals surface area contributed by atoms with E-state index in [9.17, 15) is 70.2 Å². The maximum absolute atomic E-state index is 13.1. The number of esters is 3. The molecule has 3 aromatic rings. The molecule has 4 rings (SSSR count). The van der Waals surface area contributed by atoms with Crippen molar-refractivity contribution in [2.45, 2.75) is 24.7 Å². The van der Waals surface area contributed by atoms with Crippen LogP contribution in [0.4, 0.5) is 0 Å². The van der Waals surface area contributed by atoms with Crippen molar-refractivity contribution in [2.75, 3.05) is 0 Å². The topological polar surface area (TPSA) is 298 Å². The summed E-state index contributed by atoms with van der Waals surface area (Å²) in [7, 11) is 0. The number of benzene rings is 3. The molecule has 17 nitrogen and oxygen atoms in total. The van der Waals surface area contributed by atoms with Gasteiger partial charge in [-0.15, -0.1) is 0 Å². The van der Waals surface area contributed by atoms with Crippen molar-refractivity contribution in [3.8, 4) is 51.7 Å². The first kappa shape index (κ1) is 31.4. The first-order valence-corrected chi connectivity index (χ1v) is 12.4. The third kappa shape index (κ3) is 6.46. The number of aromatic hydroxyl groups is 9. The van der Waals surface area contributed by atoms with Crippen LogP contribution in [0.2, 0.25) is 0 Å². The Morgan fingerprint density at radius 3 is 1.22 bits per heavy atom. The summed E-state index contributed by atoms with van der Waals surface area (Å²) < 4.78 is 16.0. The number of carboxylic acid groups (broad SMARTS) is 1. The second kappa shape index (κ2) is 12.0. The summed E-state index contributed by atoms with van der Waals surface area (Å²) in [6.07, 6.45) is -5.44. The average Bonchev–Trinajstić information content (AvgIpc) is 2.97. The van der Waals surface area contributed by atoms with Gasteiger partial charge in [0.2, 0.25) is 0 Å². The molecule has 0 saturated heterocycles. The monoisotopic (exact) mass is 630 g/mol. The van der Waals surface area contributed by atoms with Crippen molar-refractivity contribution in [1.82, 2.24) is 0 Å². The van der Waals surface area contributed by atoms with Crippen LogP contribution in [0, 0.1) is 0 Å². The van der Waals surface area contributed by atoms with E-state index in [0.717, 1.165) is 6.08 Å². The maximum Gasteiger partial charge on any atom is 0.339 e. The van der Waals surface area contributed by atoms with E-state index in [0.29, 0.717) is 36.4 Å². The number of phenols is 9. The largest absolute Gasteiger partial charge is 0.504 e. The summed E-state index contributed by atoms with van der Waals surface area (Å²) in [6.45, 7) is 0.